The van der Waals surface area contributed by atoms with Crippen molar-refractivity contribution in [2.75, 3.05) is 0 Å². The highest BCUT2D eigenvalue weighted by Gasteiger charge is 2.14. The molecular formula is C12H11FN4S. The first kappa shape index (κ1) is 11.3. The van der Waals surface area contributed by atoms with Gasteiger partial charge in [-0.3, -0.25) is 0 Å². The van der Waals surface area contributed by atoms with Crippen LogP contribution >= 0.6 is 11.3 Å². The minimum atomic E-state index is -0.316. The van der Waals surface area contributed by atoms with Crippen LogP contribution in [0.4, 0.5) is 4.39 Å². The fourth-order valence-electron chi connectivity index (χ4n) is 1.92. The molecule has 0 aliphatic heterocycles. The van der Waals surface area contributed by atoms with E-state index < -0.39 is 0 Å². The number of hydrogen-bond acceptors (Lipinski definition) is 4. The van der Waals surface area contributed by atoms with Gasteiger partial charge in [-0.05, 0) is 12.1 Å². The number of nitrogens with two attached hydrogens (primary N) is 1. The Labute approximate surface area is 107 Å². The third kappa shape index (κ3) is 1.61. The first-order chi connectivity index (χ1) is 8.70. The minimum Gasteiger partial charge on any atom is -0.326 e. The molecular weight excluding hydrogens is 251 g/mol. The average molecular weight is 262 g/mol. The molecule has 0 radical (unpaired) electrons. The summed E-state index contributed by atoms with van der Waals surface area (Å²) in [6.07, 6.45) is 0. The number of aromatic nitrogens is 3. The van der Waals surface area contributed by atoms with Crippen molar-refractivity contribution in [3.05, 3.63) is 34.4 Å². The lowest BCUT2D eigenvalue weighted by Gasteiger charge is -1.98. The van der Waals surface area contributed by atoms with Crippen molar-refractivity contribution in [2.24, 2.45) is 12.8 Å². The topological polar surface area (TPSA) is 56.7 Å². The van der Waals surface area contributed by atoms with E-state index in [0.29, 0.717) is 17.9 Å². The minimum absolute atomic E-state index is 0.316. The van der Waals surface area contributed by atoms with E-state index in [4.69, 9.17) is 5.73 Å². The molecule has 0 aliphatic carbocycles. The highest BCUT2D eigenvalue weighted by molar-refractivity contribution is 7.09. The maximum Gasteiger partial charge on any atom is 0.160 e. The van der Waals surface area contributed by atoms with Crippen LogP contribution in [-0.4, -0.2) is 14.5 Å². The Balaban J connectivity index is 2.23. The van der Waals surface area contributed by atoms with Gasteiger partial charge in [0.2, 0.25) is 0 Å². The second-order valence-corrected chi connectivity index (χ2v) is 4.88. The molecule has 0 saturated heterocycles. The predicted molar refractivity (Wildman–Crippen MR) is 69.7 cm³/mol. The molecule has 6 heteroatoms. The van der Waals surface area contributed by atoms with Crippen LogP contribution in [0, 0.1) is 5.82 Å². The molecule has 2 heterocycles. The molecule has 18 heavy (non-hydrogen) atoms. The number of halogens is 1. The van der Waals surface area contributed by atoms with Crippen molar-refractivity contribution in [2.45, 2.75) is 6.54 Å². The summed E-state index contributed by atoms with van der Waals surface area (Å²) in [6, 6.07) is 4.92. The maximum atomic E-state index is 13.7. The highest BCUT2D eigenvalue weighted by atomic mass is 32.1. The van der Waals surface area contributed by atoms with E-state index in [1.165, 1.54) is 17.4 Å². The molecule has 3 aromatic rings. The van der Waals surface area contributed by atoms with Gasteiger partial charge in [0.1, 0.15) is 16.2 Å². The van der Waals surface area contributed by atoms with Crippen molar-refractivity contribution < 1.29 is 4.39 Å². The van der Waals surface area contributed by atoms with E-state index in [1.807, 2.05) is 23.1 Å². The Bertz CT molecular complexity index is 716. The average Bonchev–Trinajstić information content (AvgIpc) is 2.96. The molecule has 92 valence electrons. The van der Waals surface area contributed by atoms with Gasteiger partial charge in [-0.2, -0.15) is 0 Å². The van der Waals surface area contributed by atoms with Crippen LogP contribution in [0.1, 0.15) is 5.01 Å². The molecule has 0 atom stereocenters. The summed E-state index contributed by atoms with van der Waals surface area (Å²) in [5, 5.41) is 2.74. The predicted octanol–water partition coefficient (Wildman–Crippen LogP) is 2.29. The number of thiazole rings is 1. The number of aryl methyl sites for hydroxylation is 1. The van der Waals surface area contributed by atoms with Gasteiger partial charge >= 0.3 is 0 Å². The third-order valence-corrected chi connectivity index (χ3v) is 3.69. The number of nitrogens with zero attached hydrogens (tertiary/aromatic N) is 3. The number of para-hydroxylation sites is 1. The summed E-state index contributed by atoms with van der Waals surface area (Å²) in [5.41, 5.74) is 7.40. The van der Waals surface area contributed by atoms with Crippen LogP contribution in [0.25, 0.3) is 22.6 Å². The Hall–Kier alpha value is -1.79. The Morgan fingerprint density at radius 2 is 2.22 bits per heavy atom. The van der Waals surface area contributed by atoms with Gasteiger partial charge in [-0.25, -0.2) is 14.4 Å². The Kier molecular flexibility index (Phi) is 2.61. The number of benzene rings is 1. The molecule has 0 spiro atoms. The SMILES string of the molecule is Cn1c(-c2csc(CN)n2)nc2c(F)cccc21. The molecule has 0 fully saturated rings. The Morgan fingerprint density at radius 3 is 2.89 bits per heavy atom. The van der Waals surface area contributed by atoms with Crippen molar-refractivity contribution in [1.82, 2.24) is 14.5 Å². The normalized spacial score (nSPS) is 11.3. The number of rotatable bonds is 2. The molecule has 0 amide bonds. The van der Waals surface area contributed by atoms with Gasteiger partial charge in [0.25, 0.3) is 0 Å². The molecule has 4 nitrogen and oxygen atoms in total. The molecule has 0 aliphatic rings. The van der Waals surface area contributed by atoms with Crippen LogP contribution in [0.3, 0.4) is 0 Å². The largest absolute Gasteiger partial charge is 0.326 e. The van der Waals surface area contributed by atoms with Gasteiger partial charge in [-0.15, -0.1) is 11.3 Å². The lowest BCUT2D eigenvalue weighted by molar-refractivity contribution is 0.637. The van der Waals surface area contributed by atoms with Gasteiger partial charge in [-0.1, -0.05) is 6.07 Å². The zero-order valence-corrected chi connectivity index (χ0v) is 10.5. The lowest BCUT2D eigenvalue weighted by Crippen LogP contribution is -1.96. The zero-order valence-electron chi connectivity index (χ0n) is 9.72. The summed E-state index contributed by atoms with van der Waals surface area (Å²) < 4.78 is 15.5. The first-order valence-electron chi connectivity index (χ1n) is 5.46. The van der Waals surface area contributed by atoms with Crippen molar-refractivity contribution in [1.29, 1.82) is 0 Å². The summed E-state index contributed by atoms with van der Waals surface area (Å²) in [6.45, 7) is 0.406. The number of hydrogen-bond donors (Lipinski definition) is 1. The van der Waals surface area contributed by atoms with Gasteiger partial charge in [0.15, 0.2) is 11.6 Å². The molecule has 3 rings (SSSR count). The van der Waals surface area contributed by atoms with Crippen molar-refractivity contribution in [3.63, 3.8) is 0 Å². The maximum absolute atomic E-state index is 13.7. The molecule has 1 aromatic carbocycles. The standard InChI is InChI=1S/C12H11FN4S/c1-17-9-4-2-3-7(13)11(9)16-12(17)8-6-18-10(5-14)15-8/h2-4,6H,5,14H2,1H3. The Morgan fingerprint density at radius 1 is 1.39 bits per heavy atom. The molecule has 0 unspecified atom stereocenters. The van der Waals surface area contributed by atoms with Crippen LogP contribution in [0.15, 0.2) is 23.6 Å². The number of imidazole rings is 1. The van der Waals surface area contributed by atoms with Gasteiger partial charge in [0.05, 0.1) is 5.52 Å². The van der Waals surface area contributed by atoms with E-state index in [1.54, 1.807) is 6.07 Å². The van der Waals surface area contributed by atoms with Crippen LogP contribution < -0.4 is 5.73 Å². The van der Waals surface area contributed by atoms with E-state index in [-0.39, 0.29) is 5.82 Å². The van der Waals surface area contributed by atoms with Gasteiger partial charge in [0, 0.05) is 19.0 Å². The summed E-state index contributed by atoms with van der Waals surface area (Å²) >= 11 is 1.48. The van der Waals surface area contributed by atoms with Gasteiger partial charge < -0.3 is 10.3 Å². The fraction of sp³-hybridized carbons (Fsp3) is 0.167. The smallest absolute Gasteiger partial charge is 0.160 e. The summed E-state index contributed by atoms with van der Waals surface area (Å²) in [5.74, 6) is 0.342. The van der Waals surface area contributed by atoms with E-state index in [2.05, 4.69) is 9.97 Å². The molecule has 2 N–H and O–H groups in total. The van der Waals surface area contributed by atoms with Crippen LogP contribution in [-0.2, 0) is 13.6 Å². The van der Waals surface area contributed by atoms with E-state index >= 15 is 0 Å². The second-order valence-electron chi connectivity index (χ2n) is 3.93. The fourth-order valence-corrected chi connectivity index (χ4v) is 2.57. The van der Waals surface area contributed by atoms with Crippen molar-refractivity contribution in [3.8, 4) is 11.5 Å². The van der Waals surface area contributed by atoms with Crippen LogP contribution in [0.5, 0.6) is 0 Å². The monoisotopic (exact) mass is 262 g/mol. The van der Waals surface area contributed by atoms with E-state index in [9.17, 15) is 4.39 Å². The number of fused-ring (bicyclic) bond motifs is 1. The lowest BCUT2D eigenvalue weighted by atomic mass is 10.3. The quantitative estimate of drug-likeness (QED) is 0.771. The molecule has 0 saturated carbocycles. The highest BCUT2D eigenvalue weighted by Crippen LogP contribution is 2.26. The second kappa shape index (κ2) is 4.15. The summed E-state index contributed by atoms with van der Waals surface area (Å²) in [7, 11) is 1.85. The first-order valence-corrected chi connectivity index (χ1v) is 6.34. The molecule has 2 aromatic heterocycles. The summed E-state index contributed by atoms with van der Waals surface area (Å²) in [4.78, 5) is 8.69. The molecule has 0 bridgehead atoms. The third-order valence-electron chi connectivity index (χ3n) is 2.82. The van der Waals surface area contributed by atoms with Crippen LogP contribution in [0.2, 0.25) is 0 Å². The zero-order chi connectivity index (χ0) is 12.7. The van der Waals surface area contributed by atoms with E-state index in [0.717, 1.165) is 16.2 Å². The van der Waals surface area contributed by atoms with Crippen molar-refractivity contribution >= 4 is 22.4 Å².